The van der Waals surface area contributed by atoms with Crippen molar-refractivity contribution in [1.82, 2.24) is 0 Å². The van der Waals surface area contributed by atoms with E-state index in [9.17, 15) is 18.0 Å². The summed E-state index contributed by atoms with van der Waals surface area (Å²) in [6, 6.07) is 13.5. The first-order valence-corrected chi connectivity index (χ1v) is 8.56. The topological polar surface area (TPSA) is 51.5 Å². The molecule has 8 heteroatoms. The van der Waals surface area contributed by atoms with Crippen LogP contribution in [0.2, 0.25) is 5.02 Å². The maximum Gasteiger partial charge on any atom is 0.417 e. The molecule has 0 radical (unpaired) electrons. The van der Waals surface area contributed by atoms with E-state index in [1.165, 1.54) is 12.1 Å². The number of amides is 1. The maximum absolute atomic E-state index is 12.9. The molecule has 0 fully saturated rings. The van der Waals surface area contributed by atoms with Crippen LogP contribution < -0.4 is 10.1 Å². The van der Waals surface area contributed by atoms with Crippen molar-refractivity contribution in [2.75, 3.05) is 5.32 Å². The third kappa shape index (κ3) is 4.86. The summed E-state index contributed by atoms with van der Waals surface area (Å²) in [5, 5.41) is 1.91. The predicted octanol–water partition coefficient (Wildman–Crippen LogP) is 6.09. The lowest BCUT2D eigenvalue weighted by molar-refractivity contribution is -0.137. The molecule has 3 rings (SSSR count). The van der Waals surface area contributed by atoms with Gasteiger partial charge in [-0.1, -0.05) is 29.3 Å². The summed E-state index contributed by atoms with van der Waals surface area (Å²) in [7, 11) is 0. The number of aryl methyl sites for hydroxylation is 1. The summed E-state index contributed by atoms with van der Waals surface area (Å²) < 4.78 is 49.7. The van der Waals surface area contributed by atoms with E-state index in [0.29, 0.717) is 11.5 Å². The van der Waals surface area contributed by atoms with Crippen LogP contribution in [0.15, 0.2) is 59.0 Å². The van der Waals surface area contributed by atoms with Crippen molar-refractivity contribution in [1.29, 1.82) is 0 Å². The minimum atomic E-state index is -4.62. The number of halogens is 4. The zero-order valence-corrected chi connectivity index (χ0v) is 15.4. The van der Waals surface area contributed by atoms with Crippen LogP contribution in [0.4, 0.5) is 18.9 Å². The van der Waals surface area contributed by atoms with Gasteiger partial charge in [0, 0.05) is 5.69 Å². The molecule has 0 spiro atoms. The molecule has 4 nitrogen and oxygen atoms in total. The molecule has 0 aliphatic heterocycles. The zero-order chi connectivity index (χ0) is 20.3. The molecule has 0 aliphatic carbocycles. The smallest absolute Gasteiger partial charge is 0.417 e. The molecule has 0 bridgehead atoms. The quantitative estimate of drug-likeness (QED) is 0.554. The van der Waals surface area contributed by atoms with E-state index >= 15 is 0 Å². The number of nitrogens with one attached hydrogen (secondary N) is 1. The lowest BCUT2D eigenvalue weighted by Crippen LogP contribution is -2.13. The summed E-state index contributed by atoms with van der Waals surface area (Å²) in [4.78, 5) is 12.2. The van der Waals surface area contributed by atoms with Crippen LogP contribution in [0.5, 0.6) is 5.75 Å². The largest absolute Gasteiger partial charge is 0.486 e. The number of anilines is 1. The molecule has 1 heterocycles. The van der Waals surface area contributed by atoms with Crippen molar-refractivity contribution in [3.05, 3.63) is 82.3 Å². The molecule has 0 saturated carbocycles. The first-order chi connectivity index (χ1) is 13.2. The van der Waals surface area contributed by atoms with Crippen LogP contribution in [0, 0.1) is 6.92 Å². The molecular formula is C20H15ClF3NO3. The highest BCUT2D eigenvalue weighted by atomic mass is 35.5. The van der Waals surface area contributed by atoms with Crippen molar-refractivity contribution in [2.24, 2.45) is 0 Å². The van der Waals surface area contributed by atoms with Crippen molar-refractivity contribution in [3.63, 3.8) is 0 Å². The van der Waals surface area contributed by atoms with Crippen molar-refractivity contribution in [3.8, 4) is 5.75 Å². The number of carbonyl (C=O) groups is 1. The molecule has 1 amide bonds. The Morgan fingerprint density at radius 1 is 1.11 bits per heavy atom. The van der Waals surface area contributed by atoms with Crippen LogP contribution in [-0.2, 0) is 12.8 Å². The van der Waals surface area contributed by atoms with Gasteiger partial charge in [-0.15, -0.1) is 0 Å². The number of ether oxygens (including phenoxy) is 1. The number of rotatable bonds is 5. The van der Waals surface area contributed by atoms with Gasteiger partial charge in [-0.2, -0.15) is 13.2 Å². The second-order valence-electron chi connectivity index (χ2n) is 6.01. The van der Waals surface area contributed by atoms with Gasteiger partial charge < -0.3 is 14.5 Å². The first kappa shape index (κ1) is 19.8. The Morgan fingerprint density at radius 3 is 2.50 bits per heavy atom. The van der Waals surface area contributed by atoms with E-state index in [0.717, 1.165) is 17.7 Å². The standard InChI is InChI=1S/C20H15ClF3NO3/c1-12-2-5-14(6-3-12)27-11-15-7-9-18(28-15)19(26)25-13-4-8-17(21)16(10-13)20(22,23)24/h2-10H,11H2,1H3,(H,25,26). The highest BCUT2D eigenvalue weighted by molar-refractivity contribution is 6.31. The van der Waals surface area contributed by atoms with E-state index in [1.54, 1.807) is 6.07 Å². The number of alkyl halides is 3. The van der Waals surface area contributed by atoms with E-state index < -0.39 is 22.7 Å². The molecule has 146 valence electrons. The van der Waals surface area contributed by atoms with Gasteiger partial charge in [-0.3, -0.25) is 4.79 Å². The fourth-order valence-electron chi connectivity index (χ4n) is 2.38. The SMILES string of the molecule is Cc1ccc(OCc2ccc(C(=O)Nc3ccc(Cl)c(C(F)(F)F)c3)o2)cc1. The molecule has 1 N–H and O–H groups in total. The molecule has 0 atom stereocenters. The molecule has 28 heavy (non-hydrogen) atoms. The Balaban J connectivity index is 1.65. The summed E-state index contributed by atoms with van der Waals surface area (Å²) in [6.45, 7) is 2.06. The minimum absolute atomic E-state index is 0.0458. The molecule has 0 saturated heterocycles. The number of furan rings is 1. The van der Waals surface area contributed by atoms with Gasteiger partial charge in [0.15, 0.2) is 5.76 Å². The van der Waals surface area contributed by atoms with Gasteiger partial charge in [0.05, 0.1) is 10.6 Å². The second kappa shape index (κ2) is 7.98. The summed E-state index contributed by atoms with van der Waals surface area (Å²) >= 11 is 5.57. The summed E-state index contributed by atoms with van der Waals surface area (Å²) in [6.07, 6.45) is -4.62. The van der Waals surface area contributed by atoms with Crippen LogP contribution in [0.25, 0.3) is 0 Å². The Kier molecular flexibility index (Phi) is 5.65. The summed E-state index contributed by atoms with van der Waals surface area (Å²) in [5.74, 6) is 0.315. The second-order valence-corrected chi connectivity index (χ2v) is 6.42. The number of carbonyl (C=O) groups excluding carboxylic acids is 1. The minimum Gasteiger partial charge on any atom is -0.486 e. The Bertz CT molecular complexity index is 981. The average Bonchev–Trinajstić information content (AvgIpc) is 3.11. The number of hydrogen-bond acceptors (Lipinski definition) is 3. The van der Waals surface area contributed by atoms with Gasteiger partial charge in [0.1, 0.15) is 18.1 Å². The molecule has 2 aromatic carbocycles. The number of benzene rings is 2. The van der Waals surface area contributed by atoms with Gasteiger partial charge in [0.25, 0.3) is 5.91 Å². The lowest BCUT2D eigenvalue weighted by Gasteiger charge is -2.11. The van der Waals surface area contributed by atoms with Crippen LogP contribution in [0.1, 0.15) is 27.4 Å². The third-order valence-electron chi connectivity index (χ3n) is 3.82. The average molecular weight is 410 g/mol. The fourth-order valence-corrected chi connectivity index (χ4v) is 2.60. The van der Waals surface area contributed by atoms with Crippen LogP contribution in [-0.4, -0.2) is 5.91 Å². The van der Waals surface area contributed by atoms with Gasteiger partial charge in [0.2, 0.25) is 0 Å². The maximum atomic E-state index is 12.9. The third-order valence-corrected chi connectivity index (χ3v) is 4.15. The highest BCUT2D eigenvalue weighted by Crippen LogP contribution is 2.36. The highest BCUT2D eigenvalue weighted by Gasteiger charge is 2.33. The van der Waals surface area contributed by atoms with Crippen molar-refractivity contribution < 1.29 is 27.1 Å². The molecule has 0 aliphatic rings. The Hall–Kier alpha value is -2.93. The fraction of sp³-hybridized carbons (Fsp3) is 0.150. The molecule has 3 aromatic rings. The van der Waals surface area contributed by atoms with E-state index in [1.807, 2.05) is 31.2 Å². The number of hydrogen-bond donors (Lipinski definition) is 1. The van der Waals surface area contributed by atoms with E-state index in [2.05, 4.69) is 5.32 Å². The van der Waals surface area contributed by atoms with Gasteiger partial charge in [-0.05, 0) is 49.4 Å². The van der Waals surface area contributed by atoms with Gasteiger partial charge in [-0.25, -0.2) is 0 Å². The van der Waals surface area contributed by atoms with E-state index in [-0.39, 0.29) is 18.1 Å². The normalized spacial score (nSPS) is 11.3. The molecule has 1 aromatic heterocycles. The first-order valence-electron chi connectivity index (χ1n) is 8.18. The summed E-state index contributed by atoms with van der Waals surface area (Å²) in [5.41, 5.74) is 0.0226. The Labute approximate surface area is 163 Å². The zero-order valence-electron chi connectivity index (χ0n) is 14.6. The van der Waals surface area contributed by atoms with Crippen LogP contribution in [0.3, 0.4) is 0 Å². The monoisotopic (exact) mass is 409 g/mol. The predicted molar refractivity (Wildman–Crippen MR) is 98.6 cm³/mol. The van der Waals surface area contributed by atoms with Crippen molar-refractivity contribution in [2.45, 2.75) is 19.7 Å². The lowest BCUT2D eigenvalue weighted by atomic mass is 10.2. The van der Waals surface area contributed by atoms with Crippen molar-refractivity contribution >= 4 is 23.2 Å². The molecular weight excluding hydrogens is 395 g/mol. The Morgan fingerprint density at radius 2 is 1.82 bits per heavy atom. The van der Waals surface area contributed by atoms with Gasteiger partial charge >= 0.3 is 6.18 Å². The van der Waals surface area contributed by atoms with E-state index in [4.69, 9.17) is 20.8 Å². The molecule has 0 unspecified atom stereocenters. The van der Waals surface area contributed by atoms with Crippen LogP contribution >= 0.6 is 11.6 Å².